The molecule has 0 radical (unpaired) electrons. The maximum Gasteiger partial charge on any atom is 0.338 e. The number of carbonyl (C=O) groups excluding carboxylic acids is 2. The third kappa shape index (κ3) is 4.03. The molecule has 0 atom stereocenters. The van der Waals surface area contributed by atoms with Crippen molar-refractivity contribution in [1.82, 2.24) is 0 Å². The van der Waals surface area contributed by atoms with Crippen molar-refractivity contribution in [2.24, 2.45) is 0 Å². The minimum atomic E-state index is -3.46. The third-order valence-corrected chi connectivity index (χ3v) is 6.55. The largest absolute Gasteiger partial charge is 0.454 e. The molecule has 158 valence electrons. The summed E-state index contributed by atoms with van der Waals surface area (Å²) in [5.74, 6) is -1.07. The van der Waals surface area contributed by atoms with Crippen LogP contribution >= 0.6 is 0 Å². The number of benzene rings is 2. The van der Waals surface area contributed by atoms with Crippen molar-refractivity contribution in [3.05, 3.63) is 70.9 Å². The van der Waals surface area contributed by atoms with Crippen molar-refractivity contribution in [2.45, 2.75) is 31.1 Å². The fraction of sp³-hybridized carbons (Fsp3) is 0.304. The number of aryl methyl sites for hydroxylation is 1. The zero-order valence-corrected chi connectivity index (χ0v) is 18.5. The van der Waals surface area contributed by atoms with Crippen LogP contribution in [-0.4, -0.2) is 40.1 Å². The quantitative estimate of drug-likeness (QED) is 0.537. The lowest BCUT2D eigenvalue weighted by Crippen LogP contribution is -2.25. The van der Waals surface area contributed by atoms with Gasteiger partial charge in [-0.25, -0.2) is 13.2 Å². The standard InChI is InChI=1S/C23H25NO5S/c1-15-10-11-17(30(5,27)28)13-18(15)22(26)29-14-16(25)12-21-23(2,3)19-8-6-7-9-20(19)24(21)4/h6-13H,14H2,1-5H3/b21-12+. The van der Waals surface area contributed by atoms with Crippen LogP contribution in [0.15, 0.2) is 59.1 Å². The van der Waals surface area contributed by atoms with Crippen molar-refractivity contribution < 1.29 is 22.7 Å². The number of fused-ring (bicyclic) bond motifs is 1. The summed E-state index contributed by atoms with van der Waals surface area (Å²) in [6.07, 6.45) is 2.58. The molecule has 0 bridgehead atoms. The van der Waals surface area contributed by atoms with Gasteiger partial charge in [0.25, 0.3) is 0 Å². The van der Waals surface area contributed by atoms with E-state index in [2.05, 4.69) is 0 Å². The first-order chi connectivity index (χ1) is 13.9. The van der Waals surface area contributed by atoms with Gasteiger partial charge in [0.1, 0.15) is 0 Å². The number of anilines is 1. The Balaban J connectivity index is 1.76. The number of ether oxygens (including phenoxy) is 1. The van der Waals surface area contributed by atoms with Crippen LogP contribution < -0.4 is 4.90 Å². The van der Waals surface area contributed by atoms with Crippen molar-refractivity contribution in [2.75, 3.05) is 24.8 Å². The molecule has 2 aromatic carbocycles. The Hall–Kier alpha value is -2.93. The topological polar surface area (TPSA) is 80.7 Å². The summed E-state index contributed by atoms with van der Waals surface area (Å²) in [5.41, 5.74) is 3.32. The van der Waals surface area contributed by atoms with Crippen LogP contribution in [0.25, 0.3) is 0 Å². The molecule has 0 amide bonds. The number of rotatable bonds is 5. The van der Waals surface area contributed by atoms with E-state index in [0.717, 1.165) is 23.2 Å². The minimum Gasteiger partial charge on any atom is -0.454 e. The number of likely N-dealkylation sites (N-methyl/N-ethyl adjacent to an activating group) is 1. The Morgan fingerprint density at radius 3 is 2.43 bits per heavy atom. The zero-order valence-electron chi connectivity index (χ0n) is 17.7. The SMILES string of the molecule is Cc1ccc(S(C)(=O)=O)cc1C(=O)OCC(=O)/C=C1/N(C)c2ccccc2C1(C)C. The molecule has 7 heteroatoms. The van der Waals surface area contributed by atoms with Crippen LogP contribution in [0.3, 0.4) is 0 Å². The Labute approximate surface area is 177 Å². The molecular weight excluding hydrogens is 402 g/mol. The summed E-state index contributed by atoms with van der Waals surface area (Å²) in [6.45, 7) is 5.34. The van der Waals surface area contributed by atoms with Gasteiger partial charge in [-0.3, -0.25) is 4.79 Å². The molecule has 30 heavy (non-hydrogen) atoms. The fourth-order valence-corrected chi connectivity index (χ4v) is 4.37. The van der Waals surface area contributed by atoms with Crippen molar-refractivity contribution in [3.63, 3.8) is 0 Å². The number of hydrogen-bond acceptors (Lipinski definition) is 6. The summed E-state index contributed by atoms with van der Waals surface area (Å²) in [6, 6.07) is 12.2. The van der Waals surface area contributed by atoms with Gasteiger partial charge < -0.3 is 9.64 Å². The van der Waals surface area contributed by atoms with E-state index in [1.165, 1.54) is 18.2 Å². The molecule has 1 heterocycles. The molecule has 0 saturated heterocycles. The summed E-state index contributed by atoms with van der Waals surface area (Å²) < 4.78 is 28.7. The Bertz CT molecular complexity index is 1160. The maximum atomic E-state index is 12.6. The van der Waals surface area contributed by atoms with Gasteiger partial charge in [-0.05, 0) is 36.2 Å². The second-order valence-corrected chi connectivity index (χ2v) is 10.0. The summed E-state index contributed by atoms with van der Waals surface area (Å²) >= 11 is 0. The Morgan fingerprint density at radius 1 is 1.13 bits per heavy atom. The third-order valence-electron chi connectivity index (χ3n) is 5.44. The summed E-state index contributed by atoms with van der Waals surface area (Å²) in [4.78, 5) is 27.0. The number of allylic oxidation sites excluding steroid dienone is 1. The van der Waals surface area contributed by atoms with Gasteiger partial charge in [-0.1, -0.05) is 38.1 Å². The molecule has 0 spiro atoms. The average Bonchev–Trinajstić information content (AvgIpc) is 2.86. The van der Waals surface area contributed by atoms with E-state index in [1.54, 1.807) is 13.0 Å². The maximum absolute atomic E-state index is 12.6. The number of hydrogen-bond donors (Lipinski definition) is 0. The highest BCUT2D eigenvalue weighted by Gasteiger charge is 2.38. The van der Waals surface area contributed by atoms with E-state index in [1.807, 2.05) is 50.1 Å². The zero-order chi connectivity index (χ0) is 22.3. The fourth-order valence-electron chi connectivity index (χ4n) is 3.72. The molecule has 3 rings (SSSR count). The lowest BCUT2D eigenvalue weighted by molar-refractivity contribution is -0.117. The van der Waals surface area contributed by atoms with Crippen LogP contribution in [0, 0.1) is 6.92 Å². The minimum absolute atomic E-state index is 0.0283. The number of para-hydroxylation sites is 1. The highest BCUT2D eigenvalue weighted by molar-refractivity contribution is 7.90. The summed E-state index contributed by atoms with van der Waals surface area (Å²) in [5, 5.41) is 0. The summed E-state index contributed by atoms with van der Waals surface area (Å²) in [7, 11) is -1.56. The van der Waals surface area contributed by atoms with Gasteiger partial charge in [0.15, 0.2) is 22.2 Å². The number of nitrogens with zero attached hydrogens (tertiary/aromatic N) is 1. The van der Waals surface area contributed by atoms with Gasteiger partial charge in [-0.15, -0.1) is 0 Å². The highest BCUT2D eigenvalue weighted by atomic mass is 32.2. The van der Waals surface area contributed by atoms with Crippen molar-refractivity contribution >= 4 is 27.3 Å². The van der Waals surface area contributed by atoms with Crippen LogP contribution in [0.4, 0.5) is 5.69 Å². The van der Waals surface area contributed by atoms with E-state index in [4.69, 9.17) is 4.74 Å². The molecule has 0 saturated carbocycles. The molecule has 1 aliphatic rings. The van der Waals surface area contributed by atoms with Gasteiger partial charge in [0, 0.05) is 36.2 Å². The Morgan fingerprint density at radius 2 is 1.80 bits per heavy atom. The predicted octanol–water partition coefficient (Wildman–Crippen LogP) is 3.44. The van der Waals surface area contributed by atoms with Crippen LogP contribution in [0.2, 0.25) is 0 Å². The van der Waals surface area contributed by atoms with Gasteiger partial charge in [0.2, 0.25) is 0 Å². The molecule has 0 aromatic heterocycles. The van der Waals surface area contributed by atoms with E-state index in [0.29, 0.717) is 5.56 Å². The molecule has 1 aliphatic heterocycles. The lowest BCUT2D eigenvalue weighted by atomic mass is 9.83. The van der Waals surface area contributed by atoms with Crippen LogP contribution in [0.1, 0.15) is 35.3 Å². The normalized spacial score (nSPS) is 16.4. The first-order valence-electron chi connectivity index (χ1n) is 9.49. The lowest BCUT2D eigenvalue weighted by Gasteiger charge is -2.23. The molecule has 6 nitrogen and oxygen atoms in total. The van der Waals surface area contributed by atoms with Crippen molar-refractivity contribution in [3.8, 4) is 0 Å². The highest BCUT2D eigenvalue weighted by Crippen LogP contribution is 2.46. The number of esters is 1. The van der Waals surface area contributed by atoms with E-state index >= 15 is 0 Å². The van der Waals surface area contributed by atoms with Crippen LogP contribution in [0.5, 0.6) is 0 Å². The van der Waals surface area contributed by atoms with Gasteiger partial charge >= 0.3 is 5.97 Å². The second kappa shape index (κ2) is 7.72. The van der Waals surface area contributed by atoms with Crippen LogP contribution in [-0.2, 0) is 24.8 Å². The smallest absolute Gasteiger partial charge is 0.338 e. The van der Waals surface area contributed by atoms with E-state index < -0.39 is 22.4 Å². The van der Waals surface area contributed by atoms with E-state index in [9.17, 15) is 18.0 Å². The van der Waals surface area contributed by atoms with Gasteiger partial charge in [-0.2, -0.15) is 0 Å². The van der Waals surface area contributed by atoms with Gasteiger partial charge in [0.05, 0.1) is 10.5 Å². The number of carbonyl (C=O) groups is 2. The molecule has 0 fully saturated rings. The number of sulfone groups is 1. The molecule has 2 aromatic rings. The Kier molecular flexibility index (Phi) is 5.60. The second-order valence-electron chi connectivity index (χ2n) is 8.02. The first-order valence-corrected chi connectivity index (χ1v) is 11.4. The molecular formula is C23H25NO5S. The molecule has 0 N–H and O–H groups in total. The predicted molar refractivity (Wildman–Crippen MR) is 116 cm³/mol. The first kappa shape index (κ1) is 21.8. The van der Waals surface area contributed by atoms with E-state index in [-0.39, 0.29) is 21.7 Å². The molecule has 0 unspecified atom stereocenters. The van der Waals surface area contributed by atoms with Crippen molar-refractivity contribution in [1.29, 1.82) is 0 Å². The number of ketones is 1. The monoisotopic (exact) mass is 427 g/mol. The molecule has 0 aliphatic carbocycles. The average molecular weight is 428 g/mol.